The molecule has 0 radical (unpaired) electrons. The molecule has 0 bridgehead atoms. The predicted molar refractivity (Wildman–Crippen MR) is 54.7 cm³/mol. The molecule has 2 unspecified atom stereocenters. The summed E-state index contributed by atoms with van der Waals surface area (Å²) in [6.45, 7) is 4.62. The summed E-state index contributed by atoms with van der Waals surface area (Å²) >= 11 is 0. The Balaban J connectivity index is 2.00. The minimum Gasteiger partial charge on any atom is -0.380 e. The summed E-state index contributed by atoms with van der Waals surface area (Å²) in [5.74, 6) is 0. The first kappa shape index (κ1) is 11.0. The summed E-state index contributed by atoms with van der Waals surface area (Å²) in [6.07, 6.45) is 4.88. The monoisotopic (exact) mass is 186 g/mol. The molecule has 0 amide bonds. The Bertz CT molecular complexity index is 130. The zero-order valence-electron chi connectivity index (χ0n) is 8.59. The maximum atomic E-state index is 5.88. The number of nitrogens with two attached hydrogens (primary N) is 1. The van der Waals surface area contributed by atoms with E-state index in [4.69, 9.17) is 10.5 Å². The number of rotatable bonds is 5. The molecule has 3 heteroatoms. The van der Waals surface area contributed by atoms with Crippen molar-refractivity contribution in [2.24, 2.45) is 5.73 Å². The molecule has 0 aromatic heterocycles. The zero-order chi connectivity index (χ0) is 9.52. The summed E-state index contributed by atoms with van der Waals surface area (Å²) in [4.78, 5) is 0. The van der Waals surface area contributed by atoms with E-state index in [-0.39, 0.29) is 0 Å². The maximum absolute atomic E-state index is 5.88. The molecular weight excluding hydrogens is 164 g/mol. The Morgan fingerprint density at radius 2 is 2.31 bits per heavy atom. The predicted octanol–water partition coefficient (Wildman–Crippen LogP) is 0.882. The van der Waals surface area contributed by atoms with Gasteiger partial charge in [-0.3, -0.25) is 0 Å². The van der Waals surface area contributed by atoms with Crippen LogP contribution in [0.5, 0.6) is 0 Å². The van der Waals surface area contributed by atoms with Crippen LogP contribution in [0.2, 0.25) is 0 Å². The molecule has 13 heavy (non-hydrogen) atoms. The van der Waals surface area contributed by atoms with Gasteiger partial charge in [0.15, 0.2) is 0 Å². The summed E-state index contributed by atoms with van der Waals surface area (Å²) < 4.78 is 5.26. The molecule has 1 aliphatic carbocycles. The van der Waals surface area contributed by atoms with Crippen LogP contribution in [0.25, 0.3) is 0 Å². The largest absolute Gasteiger partial charge is 0.380 e. The number of ether oxygens (including phenoxy) is 1. The summed E-state index contributed by atoms with van der Waals surface area (Å²) in [5, 5.41) is 3.48. The second-order valence-electron chi connectivity index (χ2n) is 3.77. The maximum Gasteiger partial charge on any atom is 0.0590 e. The van der Waals surface area contributed by atoms with E-state index in [0.717, 1.165) is 26.2 Å². The molecule has 78 valence electrons. The van der Waals surface area contributed by atoms with Crippen molar-refractivity contribution in [3.63, 3.8) is 0 Å². The highest BCUT2D eigenvalue weighted by Gasteiger charge is 2.17. The standard InChI is InChI=1S/C10H22N2O/c1-2-13-7-6-12-10-5-3-4-9(11)8-10/h9-10,12H,2-8,11H2,1H3. The lowest BCUT2D eigenvalue weighted by Gasteiger charge is -2.27. The number of hydrogen-bond acceptors (Lipinski definition) is 3. The Kier molecular flexibility index (Phi) is 5.35. The van der Waals surface area contributed by atoms with Gasteiger partial charge in [-0.25, -0.2) is 0 Å². The van der Waals surface area contributed by atoms with Gasteiger partial charge in [0.05, 0.1) is 6.61 Å². The van der Waals surface area contributed by atoms with Gasteiger partial charge in [0.25, 0.3) is 0 Å². The molecule has 0 aliphatic heterocycles. The van der Waals surface area contributed by atoms with Gasteiger partial charge in [-0.15, -0.1) is 0 Å². The normalized spacial score (nSPS) is 29.1. The minimum atomic E-state index is 0.415. The quantitative estimate of drug-likeness (QED) is 0.627. The van der Waals surface area contributed by atoms with E-state index in [1.807, 2.05) is 6.92 Å². The fourth-order valence-corrected chi connectivity index (χ4v) is 1.89. The second kappa shape index (κ2) is 6.35. The molecule has 1 aliphatic rings. The van der Waals surface area contributed by atoms with Gasteiger partial charge in [0.1, 0.15) is 0 Å². The fourth-order valence-electron chi connectivity index (χ4n) is 1.89. The molecule has 1 fully saturated rings. The van der Waals surface area contributed by atoms with Crippen LogP contribution >= 0.6 is 0 Å². The first-order valence-electron chi connectivity index (χ1n) is 5.39. The lowest BCUT2D eigenvalue weighted by atomic mass is 9.92. The third-order valence-corrected chi connectivity index (χ3v) is 2.60. The average Bonchev–Trinajstić information content (AvgIpc) is 2.13. The van der Waals surface area contributed by atoms with Crippen molar-refractivity contribution < 1.29 is 4.74 Å². The van der Waals surface area contributed by atoms with Gasteiger partial charge in [-0.05, 0) is 26.2 Å². The third kappa shape index (κ3) is 4.60. The first-order valence-corrected chi connectivity index (χ1v) is 5.39. The van der Waals surface area contributed by atoms with E-state index in [2.05, 4.69) is 5.32 Å². The highest BCUT2D eigenvalue weighted by Crippen LogP contribution is 2.16. The molecule has 0 aromatic carbocycles. The molecule has 3 nitrogen and oxygen atoms in total. The van der Waals surface area contributed by atoms with Crippen molar-refractivity contribution in [2.75, 3.05) is 19.8 Å². The van der Waals surface area contributed by atoms with E-state index in [1.54, 1.807) is 0 Å². The van der Waals surface area contributed by atoms with Crippen LogP contribution in [0.4, 0.5) is 0 Å². The van der Waals surface area contributed by atoms with Gasteiger partial charge >= 0.3 is 0 Å². The van der Waals surface area contributed by atoms with Gasteiger partial charge in [-0.1, -0.05) is 6.42 Å². The Hall–Kier alpha value is -0.120. The van der Waals surface area contributed by atoms with E-state index in [1.165, 1.54) is 19.3 Å². The SMILES string of the molecule is CCOCCNC1CCCC(N)C1. The molecular formula is C10H22N2O. The highest BCUT2D eigenvalue weighted by molar-refractivity contribution is 4.79. The summed E-state index contributed by atoms with van der Waals surface area (Å²) in [5.41, 5.74) is 5.88. The van der Waals surface area contributed by atoms with E-state index in [9.17, 15) is 0 Å². The molecule has 0 heterocycles. The molecule has 3 N–H and O–H groups in total. The van der Waals surface area contributed by atoms with Gasteiger partial charge in [0.2, 0.25) is 0 Å². The van der Waals surface area contributed by atoms with Crippen LogP contribution in [0.15, 0.2) is 0 Å². The Morgan fingerprint density at radius 1 is 1.46 bits per heavy atom. The summed E-state index contributed by atoms with van der Waals surface area (Å²) in [6, 6.07) is 1.04. The van der Waals surface area contributed by atoms with E-state index >= 15 is 0 Å². The van der Waals surface area contributed by atoms with Crippen LogP contribution in [-0.2, 0) is 4.74 Å². The Labute approximate surface area is 81.0 Å². The first-order chi connectivity index (χ1) is 6.33. The number of hydrogen-bond donors (Lipinski definition) is 2. The lowest BCUT2D eigenvalue weighted by Crippen LogP contribution is -2.40. The molecule has 0 saturated heterocycles. The molecule has 0 aromatic rings. The fraction of sp³-hybridized carbons (Fsp3) is 1.00. The van der Waals surface area contributed by atoms with Crippen molar-refractivity contribution in [2.45, 2.75) is 44.7 Å². The van der Waals surface area contributed by atoms with E-state index in [0.29, 0.717) is 12.1 Å². The van der Waals surface area contributed by atoms with Crippen molar-refractivity contribution in [1.29, 1.82) is 0 Å². The minimum absolute atomic E-state index is 0.415. The third-order valence-electron chi connectivity index (χ3n) is 2.60. The van der Waals surface area contributed by atoms with Gasteiger partial charge in [-0.2, -0.15) is 0 Å². The molecule has 0 spiro atoms. The van der Waals surface area contributed by atoms with Gasteiger partial charge < -0.3 is 15.8 Å². The van der Waals surface area contributed by atoms with Crippen molar-refractivity contribution >= 4 is 0 Å². The lowest BCUT2D eigenvalue weighted by molar-refractivity contribution is 0.144. The number of nitrogens with one attached hydrogen (secondary N) is 1. The van der Waals surface area contributed by atoms with Crippen LogP contribution in [-0.4, -0.2) is 31.8 Å². The second-order valence-corrected chi connectivity index (χ2v) is 3.77. The highest BCUT2D eigenvalue weighted by atomic mass is 16.5. The Morgan fingerprint density at radius 3 is 3.00 bits per heavy atom. The van der Waals surface area contributed by atoms with Crippen LogP contribution in [0.3, 0.4) is 0 Å². The van der Waals surface area contributed by atoms with Crippen LogP contribution in [0, 0.1) is 0 Å². The van der Waals surface area contributed by atoms with E-state index < -0.39 is 0 Å². The average molecular weight is 186 g/mol. The van der Waals surface area contributed by atoms with Crippen LogP contribution < -0.4 is 11.1 Å². The topological polar surface area (TPSA) is 47.3 Å². The molecule has 2 atom stereocenters. The van der Waals surface area contributed by atoms with Crippen LogP contribution in [0.1, 0.15) is 32.6 Å². The van der Waals surface area contributed by atoms with Crippen molar-refractivity contribution in [1.82, 2.24) is 5.32 Å². The van der Waals surface area contributed by atoms with Crippen molar-refractivity contribution in [3.8, 4) is 0 Å². The molecule has 1 rings (SSSR count). The summed E-state index contributed by atoms with van der Waals surface area (Å²) in [7, 11) is 0. The molecule has 1 saturated carbocycles. The van der Waals surface area contributed by atoms with Crippen molar-refractivity contribution in [3.05, 3.63) is 0 Å². The smallest absolute Gasteiger partial charge is 0.0590 e. The van der Waals surface area contributed by atoms with Gasteiger partial charge in [0, 0.05) is 25.2 Å². The zero-order valence-corrected chi connectivity index (χ0v) is 8.59.